The lowest BCUT2D eigenvalue weighted by molar-refractivity contribution is -0.139. The number of fused-ring (bicyclic) bond motifs is 3. The fourth-order valence-corrected chi connectivity index (χ4v) is 4.91. The van der Waals surface area contributed by atoms with Crippen molar-refractivity contribution in [2.75, 3.05) is 24.4 Å². The van der Waals surface area contributed by atoms with Crippen LogP contribution in [0, 0.1) is 0 Å². The van der Waals surface area contributed by atoms with Crippen molar-refractivity contribution in [3.05, 3.63) is 114 Å². The number of aliphatic carboxylic acids is 1. The third-order valence-corrected chi connectivity index (χ3v) is 6.93. The smallest absolute Gasteiger partial charge is 0.407 e. The SMILES string of the molecule is COc1ccc(NC(=O)Nc2ccc(C[C@@H](NC(=O)OCC3c4ccccc4-c4ccccc43)C(=O)O)cc2)cc1. The van der Waals surface area contributed by atoms with Crippen molar-refractivity contribution in [3.63, 3.8) is 0 Å². The lowest BCUT2D eigenvalue weighted by atomic mass is 9.98. The van der Waals surface area contributed by atoms with Crippen molar-refractivity contribution in [1.29, 1.82) is 0 Å². The fourth-order valence-electron chi connectivity index (χ4n) is 4.91. The quantitative estimate of drug-likeness (QED) is 0.206. The van der Waals surface area contributed by atoms with Gasteiger partial charge in [0, 0.05) is 23.7 Å². The number of anilines is 2. The van der Waals surface area contributed by atoms with Crippen LogP contribution < -0.4 is 20.7 Å². The van der Waals surface area contributed by atoms with E-state index in [1.54, 1.807) is 55.6 Å². The number of urea groups is 1. The number of carbonyl (C=O) groups is 3. The maximum absolute atomic E-state index is 12.6. The zero-order valence-electron chi connectivity index (χ0n) is 22.3. The van der Waals surface area contributed by atoms with Crippen LogP contribution >= 0.6 is 0 Å². The lowest BCUT2D eigenvalue weighted by Crippen LogP contribution is -2.42. The minimum absolute atomic E-state index is 0.0395. The van der Waals surface area contributed by atoms with Gasteiger partial charge >= 0.3 is 18.1 Å². The Morgan fingerprint density at radius 2 is 1.32 bits per heavy atom. The Kier molecular flexibility index (Phi) is 8.15. The molecule has 0 saturated carbocycles. The van der Waals surface area contributed by atoms with Gasteiger partial charge in [0.2, 0.25) is 0 Å². The Balaban J connectivity index is 1.14. The highest BCUT2D eigenvalue weighted by Crippen LogP contribution is 2.44. The van der Waals surface area contributed by atoms with Crippen molar-refractivity contribution < 1.29 is 29.0 Å². The number of rotatable bonds is 9. The predicted octanol–water partition coefficient (Wildman–Crippen LogP) is 5.87. The van der Waals surface area contributed by atoms with Gasteiger partial charge in [-0.1, -0.05) is 60.7 Å². The van der Waals surface area contributed by atoms with E-state index < -0.39 is 24.1 Å². The molecule has 5 rings (SSSR count). The molecule has 208 valence electrons. The molecule has 3 amide bonds. The summed E-state index contributed by atoms with van der Waals surface area (Å²) in [6, 6.07) is 28.0. The molecule has 0 bridgehead atoms. The van der Waals surface area contributed by atoms with Crippen molar-refractivity contribution in [2.24, 2.45) is 0 Å². The molecule has 0 spiro atoms. The Bertz CT molecular complexity index is 1510. The topological polar surface area (TPSA) is 126 Å². The molecule has 0 aromatic heterocycles. The van der Waals surface area contributed by atoms with Crippen molar-refractivity contribution in [3.8, 4) is 16.9 Å². The van der Waals surface area contributed by atoms with Gasteiger partial charge in [-0.15, -0.1) is 0 Å². The van der Waals surface area contributed by atoms with Gasteiger partial charge in [0.15, 0.2) is 0 Å². The average Bonchev–Trinajstić information content (AvgIpc) is 3.30. The lowest BCUT2D eigenvalue weighted by Gasteiger charge is -2.18. The highest BCUT2D eigenvalue weighted by atomic mass is 16.5. The highest BCUT2D eigenvalue weighted by molar-refractivity contribution is 5.99. The molecule has 0 heterocycles. The highest BCUT2D eigenvalue weighted by Gasteiger charge is 2.29. The second-order valence-electron chi connectivity index (χ2n) is 9.57. The number of hydrogen-bond acceptors (Lipinski definition) is 5. The first-order valence-electron chi connectivity index (χ1n) is 13.1. The first-order valence-corrected chi connectivity index (χ1v) is 13.1. The minimum atomic E-state index is -1.19. The summed E-state index contributed by atoms with van der Waals surface area (Å²) in [5.74, 6) is -0.628. The molecule has 1 atom stereocenters. The van der Waals surface area contributed by atoms with Crippen LogP contribution in [0.25, 0.3) is 11.1 Å². The van der Waals surface area contributed by atoms with Crippen LogP contribution in [-0.2, 0) is 16.0 Å². The van der Waals surface area contributed by atoms with E-state index in [2.05, 4.69) is 16.0 Å². The molecular formula is C32H29N3O6. The van der Waals surface area contributed by atoms with Crippen LogP contribution in [0.5, 0.6) is 5.75 Å². The summed E-state index contributed by atoms with van der Waals surface area (Å²) in [5, 5.41) is 17.6. The zero-order chi connectivity index (χ0) is 28.8. The van der Waals surface area contributed by atoms with Crippen molar-refractivity contribution in [1.82, 2.24) is 5.32 Å². The molecule has 9 nitrogen and oxygen atoms in total. The van der Waals surface area contributed by atoms with E-state index in [-0.39, 0.29) is 18.9 Å². The van der Waals surface area contributed by atoms with Gasteiger partial charge in [-0.2, -0.15) is 0 Å². The first kappa shape index (κ1) is 27.3. The normalized spacial score (nSPS) is 12.4. The summed E-state index contributed by atoms with van der Waals surface area (Å²) in [4.78, 5) is 36.9. The van der Waals surface area contributed by atoms with E-state index >= 15 is 0 Å². The van der Waals surface area contributed by atoms with Gasteiger partial charge in [-0.05, 0) is 64.2 Å². The van der Waals surface area contributed by atoms with Gasteiger partial charge in [-0.25, -0.2) is 14.4 Å². The van der Waals surface area contributed by atoms with Crippen molar-refractivity contribution in [2.45, 2.75) is 18.4 Å². The summed E-state index contributed by atoms with van der Waals surface area (Å²) in [6.45, 7) is 0.0884. The monoisotopic (exact) mass is 551 g/mol. The van der Waals surface area contributed by atoms with Gasteiger partial charge < -0.3 is 30.5 Å². The van der Waals surface area contributed by atoms with Crippen LogP contribution in [0.4, 0.5) is 21.0 Å². The van der Waals surface area contributed by atoms with E-state index in [0.717, 1.165) is 22.3 Å². The van der Waals surface area contributed by atoms with E-state index in [0.29, 0.717) is 22.7 Å². The average molecular weight is 552 g/mol. The summed E-state index contributed by atoms with van der Waals surface area (Å²) in [7, 11) is 1.56. The van der Waals surface area contributed by atoms with Crippen LogP contribution in [0.2, 0.25) is 0 Å². The number of methoxy groups -OCH3 is 1. The predicted molar refractivity (Wildman–Crippen MR) is 155 cm³/mol. The molecule has 0 radical (unpaired) electrons. The Morgan fingerprint density at radius 1 is 0.780 bits per heavy atom. The number of alkyl carbamates (subject to hydrolysis) is 1. The van der Waals surface area contributed by atoms with E-state index in [4.69, 9.17) is 9.47 Å². The Morgan fingerprint density at radius 3 is 1.85 bits per heavy atom. The summed E-state index contributed by atoms with van der Waals surface area (Å²) in [5.41, 5.74) is 6.15. The minimum Gasteiger partial charge on any atom is -0.497 e. The number of carbonyl (C=O) groups excluding carboxylic acids is 2. The second kappa shape index (κ2) is 12.3. The third kappa shape index (κ3) is 6.47. The molecule has 0 saturated heterocycles. The van der Waals surface area contributed by atoms with Crippen LogP contribution in [0.3, 0.4) is 0 Å². The summed E-state index contributed by atoms with van der Waals surface area (Å²) in [6.07, 6.45) is -0.759. The standard InChI is InChI=1S/C32H29N3O6/c1-40-23-16-14-22(15-17-23)34-31(38)33-21-12-10-20(11-13-21)18-29(30(36)37)35-32(39)41-19-28-26-8-4-2-6-24(26)25-7-3-5-9-27(25)28/h2-17,28-29H,18-19H2,1H3,(H,35,39)(H,36,37)(H2,33,34,38)/t29-/m1/s1. The molecule has 1 aliphatic carbocycles. The number of ether oxygens (including phenoxy) is 2. The van der Waals surface area contributed by atoms with Gasteiger partial charge in [0.25, 0.3) is 0 Å². The molecule has 4 aromatic rings. The molecule has 1 aliphatic rings. The number of carboxylic acid groups (broad SMARTS) is 1. The fraction of sp³-hybridized carbons (Fsp3) is 0.156. The molecule has 0 unspecified atom stereocenters. The van der Waals surface area contributed by atoms with E-state index in [1.807, 2.05) is 48.5 Å². The molecule has 9 heteroatoms. The third-order valence-electron chi connectivity index (χ3n) is 6.93. The molecular weight excluding hydrogens is 522 g/mol. The summed E-state index contributed by atoms with van der Waals surface area (Å²) < 4.78 is 10.6. The number of hydrogen-bond donors (Lipinski definition) is 4. The maximum Gasteiger partial charge on any atom is 0.407 e. The van der Waals surface area contributed by atoms with Crippen molar-refractivity contribution >= 4 is 29.5 Å². The van der Waals surface area contributed by atoms with E-state index in [9.17, 15) is 19.5 Å². The Hall–Kier alpha value is -5.31. The molecule has 41 heavy (non-hydrogen) atoms. The summed E-state index contributed by atoms with van der Waals surface area (Å²) >= 11 is 0. The molecule has 4 N–H and O–H groups in total. The second-order valence-corrected chi connectivity index (χ2v) is 9.57. The van der Waals surface area contributed by atoms with Crippen LogP contribution in [0.15, 0.2) is 97.1 Å². The zero-order valence-corrected chi connectivity index (χ0v) is 22.3. The number of benzene rings is 4. The largest absolute Gasteiger partial charge is 0.497 e. The molecule has 4 aromatic carbocycles. The number of amides is 3. The maximum atomic E-state index is 12.6. The van der Waals surface area contributed by atoms with E-state index in [1.165, 1.54) is 0 Å². The molecule has 0 fully saturated rings. The molecule has 0 aliphatic heterocycles. The first-order chi connectivity index (χ1) is 19.9. The van der Waals surface area contributed by atoms with Gasteiger partial charge in [0.1, 0.15) is 18.4 Å². The Labute approximate surface area is 237 Å². The van der Waals surface area contributed by atoms with Crippen LogP contribution in [0.1, 0.15) is 22.6 Å². The number of carboxylic acids is 1. The van der Waals surface area contributed by atoms with Crippen LogP contribution in [-0.4, -0.2) is 43.0 Å². The number of nitrogens with one attached hydrogen (secondary N) is 3. The van der Waals surface area contributed by atoms with Gasteiger partial charge in [-0.3, -0.25) is 0 Å². The van der Waals surface area contributed by atoms with Gasteiger partial charge in [0.05, 0.1) is 7.11 Å².